The maximum Gasteiger partial charge on any atom is 0.258 e. The molecule has 0 spiro atoms. The summed E-state index contributed by atoms with van der Waals surface area (Å²) in [4.78, 5) is 12.0. The molecule has 0 saturated carbocycles. The van der Waals surface area contributed by atoms with E-state index in [9.17, 15) is 18.7 Å². The van der Waals surface area contributed by atoms with Crippen LogP contribution in [0.4, 0.5) is 14.5 Å². The van der Waals surface area contributed by atoms with Crippen LogP contribution in [0.25, 0.3) is 0 Å². The Balaban J connectivity index is 2.32. The maximum atomic E-state index is 13.6. The lowest BCUT2D eigenvalue weighted by Gasteiger charge is -2.09. The van der Waals surface area contributed by atoms with E-state index < -0.39 is 17.5 Å². The number of rotatable bonds is 2. The maximum absolute atomic E-state index is 13.6. The molecule has 7 heteroatoms. The van der Waals surface area contributed by atoms with Gasteiger partial charge in [-0.2, -0.15) is 0 Å². The van der Waals surface area contributed by atoms with Crippen molar-refractivity contribution in [1.29, 1.82) is 0 Å². The van der Waals surface area contributed by atoms with Gasteiger partial charge in [-0.05, 0) is 30.7 Å². The topological polar surface area (TPSA) is 49.3 Å². The van der Waals surface area contributed by atoms with Crippen LogP contribution in [0.3, 0.4) is 0 Å². The molecule has 21 heavy (non-hydrogen) atoms. The average Bonchev–Trinajstić information content (AvgIpc) is 2.40. The Morgan fingerprint density at radius 3 is 2.24 bits per heavy atom. The minimum absolute atomic E-state index is 0.0615. The van der Waals surface area contributed by atoms with E-state index in [0.717, 1.165) is 6.07 Å². The van der Waals surface area contributed by atoms with Crippen LogP contribution < -0.4 is 5.32 Å². The summed E-state index contributed by atoms with van der Waals surface area (Å²) in [6.07, 6.45) is 0. The Bertz CT molecular complexity index is 712. The first-order valence-electron chi connectivity index (χ1n) is 5.74. The predicted molar refractivity (Wildman–Crippen MR) is 77.2 cm³/mol. The van der Waals surface area contributed by atoms with Crippen LogP contribution >= 0.6 is 23.2 Å². The summed E-state index contributed by atoms with van der Waals surface area (Å²) in [5.74, 6) is -2.82. The molecule has 2 aromatic carbocycles. The van der Waals surface area contributed by atoms with Crippen LogP contribution in [0.5, 0.6) is 5.75 Å². The number of halogens is 4. The van der Waals surface area contributed by atoms with Gasteiger partial charge in [-0.15, -0.1) is 0 Å². The van der Waals surface area contributed by atoms with Gasteiger partial charge in [0.05, 0.1) is 15.6 Å². The summed E-state index contributed by atoms with van der Waals surface area (Å²) < 4.78 is 26.8. The summed E-state index contributed by atoms with van der Waals surface area (Å²) in [6, 6.07) is 4.26. The van der Waals surface area contributed by atoms with Gasteiger partial charge < -0.3 is 10.4 Å². The van der Waals surface area contributed by atoms with E-state index in [1.54, 1.807) is 0 Å². The van der Waals surface area contributed by atoms with E-state index in [1.807, 2.05) is 0 Å². The SMILES string of the molecule is Cc1cc(C(=O)Nc2cc(Cl)c(O)c(Cl)c2)c(F)cc1F. The fourth-order valence-electron chi connectivity index (χ4n) is 1.67. The lowest BCUT2D eigenvalue weighted by molar-refractivity contribution is 0.102. The molecule has 0 unspecified atom stereocenters. The van der Waals surface area contributed by atoms with Crippen LogP contribution in [-0.4, -0.2) is 11.0 Å². The molecule has 2 aromatic rings. The van der Waals surface area contributed by atoms with E-state index in [0.29, 0.717) is 6.07 Å². The molecular formula is C14H9Cl2F2NO2. The number of carbonyl (C=O) groups is 1. The van der Waals surface area contributed by atoms with E-state index >= 15 is 0 Å². The minimum atomic E-state index is -0.980. The summed E-state index contributed by atoms with van der Waals surface area (Å²) in [5.41, 5.74) is 0.00622. The number of phenols is 1. The fraction of sp³-hybridized carbons (Fsp3) is 0.0714. The van der Waals surface area contributed by atoms with Gasteiger partial charge in [0.1, 0.15) is 11.6 Å². The Morgan fingerprint density at radius 1 is 1.10 bits per heavy atom. The molecule has 110 valence electrons. The van der Waals surface area contributed by atoms with E-state index in [1.165, 1.54) is 19.1 Å². The van der Waals surface area contributed by atoms with Crippen molar-refractivity contribution in [3.8, 4) is 5.75 Å². The second-order valence-electron chi connectivity index (χ2n) is 4.32. The van der Waals surface area contributed by atoms with Crippen LogP contribution in [0.2, 0.25) is 10.0 Å². The van der Waals surface area contributed by atoms with Crippen molar-refractivity contribution in [2.24, 2.45) is 0 Å². The number of phenolic OH excluding ortho intramolecular Hbond substituents is 1. The van der Waals surface area contributed by atoms with Crippen molar-refractivity contribution in [3.63, 3.8) is 0 Å². The van der Waals surface area contributed by atoms with E-state index in [2.05, 4.69) is 5.32 Å². The summed E-state index contributed by atoms with van der Waals surface area (Å²) in [5, 5.41) is 11.7. The Hall–Kier alpha value is -1.85. The number of amides is 1. The highest BCUT2D eigenvalue weighted by atomic mass is 35.5. The first-order valence-corrected chi connectivity index (χ1v) is 6.50. The van der Waals surface area contributed by atoms with Crippen LogP contribution in [-0.2, 0) is 0 Å². The number of aryl methyl sites for hydroxylation is 1. The zero-order valence-electron chi connectivity index (χ0n) is 10.7. The predicted octanol–water partition coefficient (Wildman–Crippen LogP) is 4.54. The van der Waals surface area contributed by atoms with Crippen LogP contribution in [0.15, 0.2) is 24.3 Å². The van der Waals surface area contributed by atoms with Gasteiger partial charge >= 0.3 is 0 Å². The second kappa shape index (κ2) is 5.87. The van der Waals surface area contributed by atoms with Crippen molar-refractivity contribution in [3.05, 3.63) is 57.1 Å². The highest BCUT2D eigenvalue weighted by molar-refractivity contribution is 6.37. The molecule has 0 aliphatic carbocycles. The molecule has 0 aliphatic rings. The number of carbonyl (C=O) groups excluding carboxylic acids is 1. The first kappa shape index (κ1) is 15.5. The lowest BCUT2D eigenvalue weighted by Crippen LogP contribution is -2.14. The largest absolute Gasteiger partial charge is 0.505 e. The molecule has 0 aliphatic heterocycles. The van der Waals surface area contributed by atoms with Gasteiger partial charge in [0, 0.05) is 11.8 Å². The van der Waals surface area contributed by atoms with Crippen LogP contribution in [0.1, 0.15) is 15.9 Å². The molecule has 0 bridgehead atoms. The zero-order chi connectivity index (χ0) is 15.7. The van der Waals surface area contributed by atoms with E-state index in [4.69, 9.17) is 23.2 Å². The van der Waals surface area contributed by atoms with Gasteiger partial charge in [0.15, 0.2) is 5.75 Å². The zero-order valence-corrected chi connectivity index (χ0v) is 12.2. The second-order valence-corrected chi connectivity index (χ2v) is 5.14. The number of aromatic hydroxyl groups is 1. The minimum Gasteiger partial charge on any atom is -0.505 e. The highest BCUT2D eigenvalue weighted by Gasteiger charge is 2.16. The van der Waals surface area contributed by atoms with Crippen molar-refractivity contribution in [2.45, 2.75) is 6.92 Å². The van der Waals surface area contributed by atoms with Crippen molar-refractivity contribution >= 4 is 34.8 Å². The Labute approximate surface area is 129 Å². The molecule has 3 nitrogen and oxygen atoms in total. The van der Waals surface area contributed by atoms with Crippen molar-refractivity contribution in [1.82, 2.24) is 0 Å². The summed E-state index contributed by atoms with van der Waals surface area (Å²) >= 11 is 11.4. The standard InChI is InChI=1S/C14H9Cl2F2NO2/c1-6-2-8(12(18)5-11(6)17)14(21)19-7-3-9(15)13(20)10(16)4-7/h2-5,20H,1H3,(H,19,21). The quantitative estimate of drug-likeness (QED) is 0.794. The van der Waals surface area contributed by atoms with Gasteiger partial charge in [-0.3, -0.25) is 4.79 Å². The van der Waals surface area contributed by atoms with Gasteiger partial charge in [-0.1, -0.05) is 23.2 Å². The van der Waals surface area contributed by atoms with Gasteiger partial charge in [-0.25, -0.2) is 8.78 Å². The van der Waals surface area contributed by atoms with E-state index in [-0.39, 0.29) is 32.6 Å². The highest BCUT2D eigenvalue weighted by Crippen LogP contribution is 2.34. The molecule has 0 fully saturated rings. The number of benzene rings is 2. The van der Waals surface area contributed by atoms with Gasteiger partial charge in [0.25, 0.3) is 5.91 Å². The molecule has 0 atom stereocenters. The van der Waals surface area contributed by atoms with Crippen LogP contribution in [0, 0.1) is 18.6 Å². The Kier molecular flexibility index (Phi) is 4.34. The molecule has 0 heterocycles. The third-order valence-electron chi connectivity index (χ3n) is 2.77. The third-order valence-corrected chi connectivity index (χ3v) is 3.34. The molecule has 2 N–H and O–H groups in total. The number of nitrogens with one attached hydrogen (secondary N) is 1. The molecule has 0 saturated heterocycles. The van der Waals surface area contributed by atoms with Crippen molar-refractivity contribution in [2.75, 3.05) is 5.32 Å². The number of hydrogen-bond acceptors (Lipinski definition) is 2. The molecule has 0 aromatic heterocycles. The smallest absolute Gasteiger partial charge is 0.258 e. The Morgan fingerprint density at radius 2 is 1.67 bits per heavy atom. The normalized spacial score (nSPS) is 10.5. The molecule has 1 amide bonds. The molecular weight excluding hydrogens is 323 g/mol. The monoisotopic (exact) mass is 331 g/mol. The summed E-state index contributed by atoms with van der Waals surface area (Å²) in [6.45, 7) is 1.42. The van der Waals surface area contributed by atoms with Gasteiger partial charge in [0.2, 0.25) is 0 Å². The number of anilines is 1. The van der Waals surface area contributed by atoms with Crippen molar-refractivity contribution < 1.29 is 18.7 Å². The molecule has 2 rings (SSSR count). The summed E-state index contributed by atoms with van der Waals surface area (Å²) in [7, 11) is 0. The average molecular weight is 332 g/mol. The fourth-order valence-corrected chi connectivity index (χ4v) is 2.15. The lowest BCUT2D eigenvalue weighted by atomic mass is 10.1. The molecule has 0 radical (unpaired) electrons. The third kappa shape index (κ3) is 3.25. The number of hydrogen-bond donors (Lipinski definition) is 2. The first-order chi connectivity index (χ1) is 9.79.